The molecule has 0 saturated carbocycles. The Morgan fingerprint density at radius 2 is 2.14 bits per heavy atom. The fraction of sp³-hybridized carbons (Fsp3) is 0. The smallest absolute Gasteiger partial charge is 0.146 e. The Morgan fingerprint density at radius 1 is 1.29 bits per heavy atom. The summed E-state index contributed by atoms with van der Waals surface area (Å²) in [7, 11) is 0. The Hall–Kier alpha value is -2.03. The van der Waals surface area contributed by atoms with E-state index >= 15 is 0 Å². The highest BCUT2D eigenvalue weighted by molar-refractivity contribution is 6.14. The molecule has 1 aliphatic heterocycles. The van der Waals surface area contributed by atoms with E-state index in [1.807, 2.05) is 18.2 Å². The molecule has 3 heteroatoms. The Morgan fingerprint density at radius 3 is 3.00 bits per heavy atom. The lowest BCUT2D eigenvalue weighted by Gasteiger charge is -2.05. The molecule has 0 radical (unpaired) electrons. The molecule has 3 nitrogen and oxygen atoms in total. The number of phenols is 1. The van der Waals surface area contributed by atoms with Crippen LogP contribution in [0, 0.1) is 0 Å². The van der Waals surface area contributed by atoms with Crippen LogP contribution in [-0.2, 0) is 0 Å². The number of hydrogen-bond acceptors (Lipinski definition) is 3. The third kappa shape index (κ3) is 0.738. The lowest BCUT2D eigenvalue weighted by molar-refractivity contribution is 0.484. The minimum atomic E-state index is 0.149. The molecule has 0 saturated heterocycles. The van der Waals surface area contributed by atoms with Crippen LogP contribution in [0.1, 0.15) is 5.56 Å². The SMILES string of the molecule is Nc1cc2c3c(cccc3c1O)N=C2. The number of benzene rings is 2. The molecule has 3 rings (SSSR count). The molecule has 1 aliphatic rings. The van der Waals surface area contributed by atoms with E-state index in [1.165, 1.54) is 0 Å². The fourth-order valence-electron chi connectivity index (χ4n) is 1.85. The monoisotopic (exact) mass is 184 g/mol. The summed E-state index contributed by atoms with van der Waals surface area (Å²) < 4.78 is 0. The van der Waals surface area contributed by atoms with Gasteiger partial charge in [0, 0.05) is 22.6 Å². The standard InChI is InChI=1S/C11H8N2O/c12-8-4-6-5-13-9-3-1-2-7(10(6)9)11(8)14/h1-5,14H,12H2. The van der Waals surface area contributed by atoms with Crippen molar-refractivity contribution in [1.29, 1.82) is 0 Å². The van der Waals surface area contributed by atoms with Gasteiger partial charge in [0.15, 0.2) is 0 Å². The number of nitrogens with two attached hydrogens (primary N) is 1. The maximum absolute atomic E-state index is 9.75. The molecule has 0 bridgehead atoms. The average Bonchev–Trinajstić information content (AvgIpc) is 2.59. The normalized spacial score (nSPS) is 12.6. The van der Waals surface area contributed by atoms with Crippen LogP contribution in [0.2, 0.25) is 0 Å². The summed E-state index contributed by atoms with van der Waals surface area (Å²) in [6, 6.07) is 7.38. The second-order valence-corrected chi connectivity index (χ2v) is 3.36. The van der Waals surface area contributed by atoms with Gasteiger partial charge >= 0.3 is 0 Å². The molecule has 68 valence electrons. The Kier molecular flexibility index (Phi) is 1.19. The van der Waals surface area contributed by atoms with Gasteiger partial charge < -0.3 is 10.8 Å². The topological polar surface area (TPSA) is 58.6 Å². The van der Waals surface area contributed by atoms with Gasteiger partial charge in [-0.3, -0.25) is 4.99 Å². The van der Waals surface area contributed by atoms with Gasteiger partial charge in [0.2, 0.25) is 0 Å². The van der Waals surface area contributed by atoms with E-state index in [1.54, 1.807) is 12.3 Å². The van der Waals surface area contributed by atoms with Crippen molar-refractivity contribution in [2.45, 2.75) is 0 Å². The lowest BCUT2D eigenvalue weighted by Crippen LogP contribution is -1.89. The average molecular weight is 184 g/mol. The summed E-state index contributed by atoms with van der Waals surface area (Å²) in [5, 5.41) is 11.5. The van der Waals surface area contributed by atoms with Gasteiger partial charge in [-0.15, -0.1) is 0 Å². The van der Waals surface area contributed by atoms with Crippen LogP contribution in [0.4, 0.5) is 11.4 Å². The second-order valence-electron chi connectivity index (χ2n) is 3.36. The number of aromatic hydroxyl groups is 1. The third-order valence-corrected chi connectivity index (χ3v) is 2.51. The zero-order valence-electron chi connectivity index (χ0n) is 7.36. The van der Waals surface area contributed by atoms with E-state index in [2.05, 4.69) is 4.99 Å². The Balaban J connectivity index is 2.62. The van der Waals surface area contributed by atoms with Gasteiger partial charge in [-0.1, -0.05) is 12.1 Å². The molecule has 2 aromatic carbocycles. The van der Waals surface area contributed by atoms with Crippen LogP contribution in [0.5, 0.6) is 5.75 Å². The maximum atomic E-state index is 9.75. The predicted molar refractivity (Wildman–Crippen MR) is 57.3 cm³/mol. The van der Waals surface area contributed by atoms with Gasteiger partial charge in [-0.2, -0.15) is 0 Å². The van der Waals surface area contributed by atoms with Crippen molar-refractivity contribution >= 4 is 28.4 Å². The first kappa shape index (κ1) is 7.38. The molecule has 2 aromatic rings. The second kappa shape index (κ2) is 2.26. The summed E-state index contributed by atoms with van der Waals surface area (Å²) in [4.78, 5) is 4.23. The van der Waals surface area contributed by atoms with Crippen molar-refractivity contribution in [3.05, 3.63) is 29.8 Å². The minimum Gasteiger partial charge on any atom is -0.505 e. The van der Waals surface area contributed by atoms with Crippen LogP contribution >= 0.6 is 0 Å². The van der Waals surface area contributed by atoms with E-state index in [0.29, 0.717) is 5.69 Å². The van der Waals surface area contributed by atoms with E-state index in [0.717, 1.165) is 22.0 Å². The van der Waals surface area contributed by atoms with Gasteiger partial charge in [0.25, 0.3) is 0 Å². The van der Waals surface area contributed by atoms with Crippen LogP contribution in [0.25, 0.3) is 10.8 Å². The van der Waals surface area contributed by atoms with Crippen LogP contribution in [0.15, 0.2) is 29.3 Å². The molecule has 0 atom stereocenters. The van der Waals surface area contributed by atoms with E-state index < -0.39 is 0 Å². The largest absolute Gasteiger partial charge is 0.505 e. The summed E-state index contributed by atoms with van der Waals surface area (Å²) in [6.45, 7) is 0. The van der Waals surface area contributed by atoms with Crippen molar-refractivity contribution in [2.24, 2.45) is 4.99 Å². The zero-order valence-corrected chi connectivity index (χ0v) is 7.36. The van der Waals surface area contributed by atoms with Gasteiger partial charge in [-0.25, -0.2) is 0 Å². The first-order valence-corrected chi connectivity index (χ1v) is 4.35. The molecular weight excluding hydrogens is 176 g/mol. The van der Waals surface area contributed by atoms with Crippen molar-refractivity contribution in [3.63, 3.8) is 0 Å². The number of rotatable bonds is 0. The maximum Gasteiger partial charge on any atom is 0.146 e. The van der Waals surface area contributed by atoms with E-state index in [-0.39, 0.29) is 5.75 Å². The van der Waals surface area contributed by atoms with Crippen molar-refractivity contribution in [1.82, 2.24) is 0 Å². The zero-order chi connectivity index (χ0) is 9.71. The van der Waals surface area contributed by atoms with E-state index in [4.69, 9.17) is 5.73 Å². The molecule has 0 aliphatic carbocycles. The van der Waals surface area contributed by atoms with Crippen LogP contribution in [-0.4, -0.2) is 11.3 Å². The van der Waals surface area contributed by atoms with Crippen LogP contribution in [0.3, 0.4) is 0 Å². The molecule has 14 heavy (non-hydrogen) atoms. The van der Waals surface area contributed by atoms with Crippen molar-refractivity contribution in [3.8, 4) is 5.75 Å². The minimum absolute atomic E-state index is 0.149. The fourth-order valence-corrected chi connectivity index (χ4v) is 1.85. The summed E-state index contributed by atoms with van der Waals surface area (Å²) >= 11 is 0. The summed E-state index contributed by atoms with van der Waals surface area (Å²) in [6.07, 6.45) is 1.77. The quantitative estimate of drug-likeness (QED) is 0.415. The number of hydrogen-bond donors (Lipinski definition) is 2. The first-order chi connectivity index (χ1) is 6.77. The van der Waals surface area contributed by atoms with Gasteiger partial charge in [-0.05, 0) is 12.1 Å². The number of nitrogen functional groups attached to an aromatic ring is 1. The first-order valence-electron chi connectivity index (χ1n) is 4.35. The summed E-state index contributed by atoms with van der Waals surface area (Å²) in [5.74, 6) is 0.149. The highest BCUT2D eigenvalue weighted by Gasteiger charge is 2.14. The molecule has 3 N–H and O–H groups in total. The predicted octanol–water partition coefficient (Wildman–Crippen LogP) is 2.19. The van der Waals surface area contributed by atoms with Crippen LogP contribution < -0.4 is 5.73 Å². The molecule has 0 fully saturated rings. The highest BCUT2D eigenvalue weighted by Crippen LogP contribution is 2.40. The molecule has 0 unspecified atom stereocenters. The number of phenolic OH excluding ortho intramolecular Hbond substituents is 1. The number of aliphatic imine (C=N–C) groups is 1. The van der Waals surface area contributed by atoms with Gasteiger partial charge in [0.05, 0.1) is 11.4 Å². The lowest BCUT2D eigenvalue weighted by atomic mass is 10.0. The summed E-state index contributed by atoms with van der Waals surface area (Å²) in [5.41, 5.74) is 7.95. The number of anilines is 1. The molecular formula is C11H8N2O. The third-order valence-electron chi connectivity index (χ3n) is 2.51. The number of nitrogens with zero attached hydrogens (tertiary/aromatic N) is 1. The Labute approximate surface area is 80.5 Å². The van der Waals surface area contributed by atoms with Crippen molar-refractivity contribution < 1.29 is 5.11 Å². The molecule has 0 amide bonds. The van der Waals surface area contributed by atoms with Crippen molar-refractivity contribution in [2.75, 3.05) is 5.73 Å². The van der Waals surface area contributed by atoms with E-state index in [9.17, 15) is 5.11 Å². The highest BCUT2D eigenvalue weighted by atomic mass is 16.3. The molecule has 1 heterocycles. The molecule has 0 spiro atoms. The van der Waals surface area contributed by atoms with Gasteiger partial charge in [0.1, 0.15) is 5.75 Å². The molecule has 0 aromatic heterocycles. The Bertz CT molecular complexity index is 573.